The Morgan fingerprint density at radius 2 is 2.00 bits per heavy atom. The van der Waals surface area contributed by atoms with Gasteiger partial charge in [-0.15, -0.1) is 0 Å². The van der Waals surface area contributed by atoms with E-state index in [2.05, 4.69) is 10.3 Å². The van der Waals surface area contributed by atoms with Gasteiger partial charge in [-0.3, -0.25) is 14.6 Å². The smallest absolute Gasteiger partial charge is 0.267 e. The number of ether oxygens (including phenoxy) is 2. The summed E-state index contributed by atoms with van der Waals surface area (Å²) in [5.74, 6) is 0.883. The van der Waals surface area contributed by atoms with E-state index in [1.165, 1.54) is 6.20 Å². The Balaban J connectivity index is 1.48. The minimum absolute atomic E-state index is 0.133. The monoisotopic (exact) mass is 403 g/mol. The van der Waals surface area contributed by atoms with Crippen LogP contribution in [0.2, 0.25) is 0 Å². The number of carbonyl (C=O) groups excluding carboxylic acids is 2. The molecular formula is C23H21N3O4. The molecule has 7 heteroatoms. The van der Waals surface area contributed by atoms with Gasteiger partial charge in [-0.25, -0.2) is 0 Å². The van der Waals surface area contributed by atoms with Gasteiger partial charge in [0.1, 0.15) is 18.1 Å². The van der Waals surface area contributed by atoms with Crippen molar-refractivity contribution < 1.29 is 19.1 Å². The molecule has 2 aromatic carbocycles. The van der Waals surface area contributed by atoms with Crippen LogP contribution in [-0.4, -0.2) is 36.1 Å². The Kier molecular flexibility index (Phi) is 5.61. The molecule has 0 radical (unpaired) electrons. The van der Waals surface area contributed by atoms with Crippen LogP contribution in [0.5, 0.6) is 11.5 Å². The number of fused-ring (bicyclic) bond motifs is 1. The zero-order valence-electron chi connectivity index (χ0n) is 16.4. The molecule has 1 unspecified atom stereocenters. The summed E-state index contributed by atoms with van der Waals surface area (Å²) in [6.45, 7) is 2.44. The molecule has 0 bridgehead atoms. The average molecular weight is 403 g/mol. The van der Waals surface area contributed by atoms with E-state index < -0.39 is 6.10 Å². The van der Waals surface area contributed by atoms with E-state index in [0.29, 0.717) is 35.8 Å². The summed E-state index contributed by atoms with van der Waals surface area (Å²) in [6, 6.07) is 18.1. The molecule has 3 aromatic rings. The maximum atomic E-state index is 12.6. The Morgan fingerprint density at radius 3 is 2.77 bits per heavy atom. The third-order valence-corrected chi connectivity index (χ3v) is 4.68. The summed E-state index contributed by atoms with van der Waals surface area (Å²) in [4.78, 5) is 30.6. The highest BCUT2D eigenvalue weighted by Crippen LogP contribution is 2.36. The number of carbonyl (C=O) groups is 2. The molecule has 2 heterocycles. The van der Waals surface area contributed by atoms with Crippen LogP contribution in [0.3, 0.4) is 0 Å². The Morgan fingerprint density at radius 1 is 1.17 bits per heavy atom. The van der Waals surface area contributed by atoms with Gasteiger partial charge >= 0.3 is 0 Å². The van der Waals surface area contributed by atoms with E-state index in [1.807, 2.05) is 30.3 Å². The highest BCUT2D eigenvalue weighted by Gasteiger charge is 2.31. The van der Waals surface area contributed by atoms with Crippen molar-refractivity contribution in [2.75, 3.05) is 23.4 Å². The predicted molar refractivity (Wildman–Crippen MR) is 113 cm³/mol. The predicted octanol–water partition coefficient (Wildman–Crippen LogP) is 3.53. The third-order valence-electron chi connectivity index (χ3n) is 4.68. The molecule has 1 aliphatic rings. The molecule has 0 aliphatic carbocycles. The molecule has 1 aromatic heterocycles. The topological polar surface area (TPSA) is 80.8 Å². The normalized spacial score (nSPS) is 15.2. The first kappa shape index (κ1) is 19.4. The van der Waals surface area contributed by atoms with Crippen molar-refractivity contribution in [3.8, 4) is 11.5 Å². The molecule has 1 N–H and O–H groups in total. The first-order valence-corrected chi connectivity index (χ1v) is 9.63. The van der Waals surface area contributed by atoms with E-state index in [9.17, 15) is 9.59 Å². The highest BCUT2D eigenvalue weighted by atomic mass is 16.5. The molecular weight excluding hydrogens is 382 g/mol. The van der Waals surface area contributed by atoms with Crippen LogP contribution in [0, 0.1) is 0 Å². The SMILES string of the molecule is CC1Oc2cc(NC(=O)c3cccnc3)ccc2N(CCOc2ccccc2)C1=O. The van der Waals surface area contributed by atoms with Gasteiger partial charge in [0.15, 0.2) is 6.10 Å². The maximum absolute atomic E-state index is 12.6. The largest absolute Gasteiger partial charge is 0.492 e. The highest BCUT2D eigenvalue weighted by molar-refractivity contribution is 6.05. The van der Waals surface area contributed by atoms with Gasteiger partial charge < -0.3 is 19.7 Å². The van der Waals surface area contributed by atoms with E-state index in [-0.39, 0.29) is 11.8 Å². The zero-order valence-corrected chi connectivity index (χ0v) is 16.4. The second-order valence-electron chi connectivity index (χ2n) is 6.79. The zero-order chi connectivity index (χ0) is 20.9. The fourth-order valence-corrected chi connectivity index (χ4v) is 3.19. The third kappa shape index (κ3) is 4.25. The number of para-hydroxylation sites is 1. The molecule has 0 fully saturated rings. The molecule has 1 atom stereocenters. The fourth-order valence-electron chi connectivity index (χ4n) is 3.19. The van der Waals surface area contributed by atoms with Gasteiger partial charge in [-0.1, -0.05) is 18.2 Å². The van der Waals surface area contributed by atoms with Crippen LogP contribution in [0.15, 0.2) is 73.1 Å². The number of nitrogens with zero attached hydrogens (tertiary/aromatic N) is 2. The fraction of sp³-hybridized carbons (Fsp3) is 0.174. The lowest BCUT2D eigenvalue weighted by atomic mass is 10.1. The maximum Gasteiger partial charge on any atom is 0.267 e. The van der Waals surface area contributed by atoms with Gasteiger partial charge in [-0.2, -0.15) is 0 Å². The van der Waals surface area contributed by atoms with Crippen molar-refractivity contribution in [1.82, 2.24) is 4.98 Å². The second-order valence-corrected chi connectivity index (χ2v) is 6.79. The molecule has 152 valence electrons. The molecule has 0 saturated heterocycles. The van der Waals surface area contributed by atoms with Gasteiger partial charge in [0.25, 0.3) is 11.8 Å². The van der Waals surface area contributed by atoms with Crippen LogP contribution >= 0.6 is 0 Å². The summed E-state index contributed by atoms with van der Waals surface area (Å²) in [5.41, 5.74) is 1.68. The summed E-state index contributed by atoms with van der Waals surface area (Å²) >= 11 is 0. The molecule has 2 amide bonds. The van der Waals surface area contributed by atoms with Crippen molar-refractivity contribution in [2.24, 2.45) is 0 Å². The quantitative estimate of drug-likeness (QED) is 0.681. The van der Waals surface area contributed by atoms with Crippen LogP contribution in [0.1, 0.15) is 17.3 Å². The lowest BCUT2D eigenvalue weighted by Crippen LogP contribution is -2.46. The Hall–Kier alpha value is -3.87. The van der Waals surface area contributed by atoms with Crippen molar-refractivity contribution in [3.05, 3.63) is 78.6 Å². The van der Waals surface area contributed by atoms with Crippen molar-refractivity contribution in [2.45, 2.75) is 13.0 Å². The van der Waals surface area contributed by atoms with Crippen LogP contribution < -0.4 is 19.7 Å². The number of benzene rings is 2. The van der Waals surface area contributed by atoms with Gasteiger partial charge in [0, 0.05) is 24.1 Å². The minimum atomic E-state index is -0.626. The van der Waals surface area contributed by atoms with Crippen LogP contribution in [0.25, 0.3) is 0 Å². The van der Waals surface area contributed by atoms with Crippen LogP contribution in [-0.2, 0) is 4.79 Å². The van der Waals surface area contributed by atoms with E-state index in [0.717, 1.165) is 5.75 Å². The summed E-state index contributed by atoms with van der Waals surface area (Å²) in [7, 11) is 0. The number of anilines is 2. The van der Waals surface area contributed by atoms with Gasteiger partial charge in [0.05, 0.1) is 17.8 Å². The summed E-state index contributed by atoms with van der Waals surface area (Å²) in [5, 5.41) is 2.83. The van der Waals surface area contributed by atoms with Crippen molar-refractivity contribution in [1.29, 1.82) is 0 Å². The Labute approximate surface area is 174 Å². The number of amides is 2. The molecule has 7 nitrogen and oxygen atoms in total. The van der Waals surface area contributed by atoms with Gasteiger partial charge in [-0.05, 0) is 43.3 Å². The number of hydrogen-bond acceptors (Lipinski definition) is 5. The molecule has 30 heavy (non-hydrogen) atoms. The number of nitrogens with one attached hydrogen (secondary N) is 1. The molecule has 0 saturated carbocycles. The van der Waals surface area contributed by atoms with Crippen LogP contribution in [0.4, 0.5) is 11.4 Å². The average Bonchev–Trinajstić information content (AvgIpc) is 2.77. The minimum Gasteiger partial charge on any atom is -0.492 e. The lowest BCUT2D eigenvalue weighted by molar-refractivity contribution is -0.125. The van der Waals surface area contributed by atoms with Crippen molar-refractivity contribution >= 4 is 23.2 Å². The Bertz CT molecular complexity index is 1040. The number of aromatic nitrogens is 1. The van der Waals surface area contributed by atoms with Crippen molar-refractivity contribution in [3.63, 3.8) is 0 Å². The number of rotatable bonds is 6. The summed E-state index contributed by atoms with van der Waals surface area (Å²) in [6.07, 6.45) is 2.48. The van der Waals surface area contributed by atoms with E-state index in [1.54, 1.807) is 48.4 Å². The summed E-state index contributed by atoms with van der Waals surface area (Å²) < 4.78 is 11.5. The van der Waals surface area contributed by atoms with Gasteiger partial charge in [0.2, 0.25) is 0 Å². The molecule has 4 rings (SSSR count). The first-order valence-electron chi connectivity index (χ1n) is 9.63. The molecule has 0 spiro atoms. The lowest BCUT2D eigenvalue weighted by Gasteiger charge is -2.33. The number of pyridine rings is 1. The number of hydrogen-bond donors (Lipinski definition) is 1. The first-order chi connectivity index (χ1) is 14.6. The standard InChI is InChI=1S/C23H21N3O4/c1-16-23(28)26(12-13-29-19-7-3-2-4-8-19)20-10-9-18(14-21(20)30-16)25-22(27)17-6-5-11-24-15-17/h2-11,14-16H,12-13H2,1H3,(H,25,27). The second kappa shape index (κ2) is 8.65. The van der Waals surface area contributed by atoms with E-state index in [4.69, 9.17) is 9.47 Å². The molecule has 1 aliphatic heterocycles. The van der Waals surface area contributed by atoms with E-state index >= 15 is 0 Å².